The topological polar surface area (TPSA) is 87.7 Å². The van der Waals surface area contributed by atoms with Crippen molar-refractivity contribution < 1.29 is 14.3 Å². The van der Waals surface area contributed by atoms with Gasteiger partial charge in [0, 0.05) is 43.7 Å². The summed E-state index contributed by atoms with van der Waals surface area (Å²) in [6, 6.07) is 18.7. The van der Waals surface area contributed by atoms with Crippen molar-refractivity contribution in [3.63, 3.8) is 0 Å². The minimum Gasteiger partial charge on any atom is -0.444 e. The Kier molecular flexibility index (Phi) is 9.55. The minimum absolute atomic E-state index is 0.104. The van der Waals surface area contributed by atoms with E-state index in [2.05, 4.69) is 39.5 Å². The molecule has 0 atom stereocenters. The molecule has 1 saturated carbocycles. The summed E-state index contributed by atoms with van der Waals surface area (Å²) in [5, 5.41) is 4.02. The first-order valence-corrected chi connectivity index (χ1v) is 17.2. The largest absolute Gasteiger partial charge is 0.444 e. The number of hydrogen-bond donors (Lipinski definition) is 1. The van der Waals surface area contributed by atoms with E-state index >= 15 is 0 Å². The van der Waals surface area contributed by atoms with Gasteiger partial charge >= 0.3 is 6.09 Å². The maximum absolute atomic E-state index is 13.5. The lowest BCUT2D eigenvalue weighted by Gasteiger charge is -2.46. The molecular formula is C37H46ClN5O3. The molecule has 8 nitrogen and oxygen atoms in total. The van der Waals surface area contributed by atoms with Crippen LogP contribution in [0, 0.1) is 11.3 Å². The predicted octanol–water partition coefficient (Wildman–Crippen LogP) is 8.07. The summed E-state index contributed by atoms with van der Waals surface area (Å²) < 4.78 is 5.58. The second kappa shape index (κ2) is 13.6. The van der Waals surface area contributed by atoms with Gasteiger partial charge in [0.25, 0.3) is 0 Å². The number of rotatable bonds is 5. The Morgan fingerprint density at radius 2 is 1.50 bits per heavy atom. The maximum Gasteiger partial charge on any atom is 0.410 e. The summed E-state index contributed by atoms with van der Waals surface area (Å²) >= 11 is 6.57. The quantitative estimate of drug-likeness (QED) is 0.302. The molecule has 9 heteroatoms. The van der Waals surface area contributed by atoms with Gasteiger partial charge in [-0.2, -0.15) is 0 Å². The maximum atomic E-state index is 13.5. The summed E-state index contributed by atoms with van der Waals surface area (Å²) in [5.41, 5.74) is 3.68. The molecule has 6 rings (SSSR count). The van der Waals surface area contributed by atoms with Crippen molar-refractivity contribution in [3.8, 4) is 22.4 Å². The van der Waals surface area contributed by atoms with E-state index in [1.165, 1.54) is 0 Å². The Bertz CT molecular complexity index is 1520. The fourth-order valence-corrected chi connectivity index (χ4v) is 7.47. The number of ether oxygens (including phenoxy) is 1. The van der Waals surface area contributed by atoms with Crippen LogP contribution in [0.3, 0.4) is 0 Å². The van der Waals surface area contributed by atoms with Gasteiger partial charge in [0.1, 0.15) is 5.60 Å². The lowest BCUT2D eigenvalue weighted by Crippen LogP contribution is -2.48. The monoisotopic (exact) mass is 643 g/mol. The first-order valence-electron chi connectivity index (χ1n) is 16.8. The number of carbonyl (C=O) groups excluding carboxylic acids is 2. The third kappa shape index (κ3) is 7.65. The van der Waals surface area contributed by atoms with Crippen LogP contribution in [0.1, 0.15) is 72.1 Å². The van der Waals surface area contributed by atoms with Gasteiger partial charge in [-0.1, -0.05) is 60.1 Å². The van der Waals surface area contributed by atoms with E-state index in [1.54, 1.807) is 6.20 Å². The molecule has 3 aromatic rings. The minimum atomic E-state index is -0.474. The first kappa shape index (κ1) is 32.3. The highest BCUT2D eigenvalue weighted by Crippen LogP contribution is 2.47. The molecule has 0 unspecified atom stereocenters. The van der Waals surface area contributed by atoms with Crippen LogP contribution in [-0.4, -0.2) is 69.6 Å². The van der Waals surface area contributed by atoms with E-state index in [0.717, 1.165) is 94.2 Å². The van der Waals surface area contributed by atoms with Crippen molar-refractivity contribution in [2.75, 3.05) is 31.5 Å². The zero-order valence-electron chi connectivity index (χ0n) is 27.3. The van der Waals surface area contributed by atoms with Gasteiger partial charge in [-0.25, -0.2) is 14.8 Å². The SMILES string of the molecule is CC(C)(C)OC(=O)N1CCC2(CCC(C(=O)N3CCC(Nc4ncc(Cl)c(-c5cccc(-c6ccccc6)c5)n4)CC3)CC2)CC1. The summed E-state index contributed by atoms with van der Waals surface area (Å²) in [4.78, 5) is 39.2. The van der Waals surface area contributed by atoms with Crippen LogP contribution in [-0.2, 0) is 9.53 Å². The molecule has 2 saturated heterocycles. The second-order valence-corrected chi connectivity index (χ2v) is 14.7. The van der Waals surface area contributed by atoms with Crippen LogP contribution < -0.4 is 5.32 Å². The smallest absolute Gasteiger partial charge is 0.410 e. The Morgan fingerprint density at radius 3 is 2.17 bits per heavy atom. The van der Waals surface area contributed by atoms with Gasteiger partial charge < -0.3 is 19.9 Å². The zero-order valence-corrected chi connectivity index (χ0v) is 28.1. The number of nitrogens with zero attached hydrogens (tertiary/aromatic N) is 4. The van der Waals surface area contributed by atoms with E-state index < -0.39 is 5.60 Å². The van der Waals surface area contributed by atoms with Gasteiger partial charge in [0.05, 0.1) is 16.9 Å². The molecule has 1 N–H and O–H groups in total. The van der Waals surface area contributed by atoms with E-state index in [1.807, 2.05) is 56.0 Å². The third-order valence-electron chi connectivity index (χ3n) is 10.00. The van der Waals surface area contributed by atoms with E-state index in [-0.39, 0.29) is 23.5 Å². The predicted molar refractivity (Wildman–Crippen MR) is 183 cm³/mol. The van der Waals surface area contributed by atoms with Crippen molar-refractivity contribution in [2.24, 2.45) is 11.3 Å². The number of hydrogen-bond acceptors (Lipinski definition) is 6. The van der Waals surface area contributed by atoms with Crippen molar-refractivity contribution in [3.05, 3.63) is 65.8 Å². The van der Waals surface area contributed by atoms with Crippen molar-refractivity contribution >= 4 is 29.5 Å². The number of amides is 2. The third-order valence-corrected chi connectivity index (χ3v) is 10.3. The van der Waals surface area contributed by atoms with Crippen molar-refractivity contribution in [1.82, 2.24) is 19.8 Å². The molecule has 3 fully saturated rings. The van der Waals surface area contributed by atoms with Crippen LogP contribution in [0.2, 0.25) is 5.02 Å². The fourth-order valence-electron chi connectivity index (χ4n) is 7.27. The number of carbonyl (C=O) groups is 2. The van der Waals surface area contributed by atoms with E-state index in [0.29, 0.717) is 22.6 Å². The average Bonchev–Trinajstić information content (AvgIpc) is 3.06. The number of halogens is 1. The van der Waals surface area contributed by atoms with Gasteiger partial charge in [-0.15, -0.1) is 0 Å². The van der Waals surface area contributed by atoms with Gasteiger partial charge in [-0.05, 0) is 94.7 Å². The Labute approximate surface area is 277 Å². The lowest BCUT2D eigenvalue weighted by atomic mass is 9.65. The van der Waals surface area contributed by atoms with Gasteiger partial charge in [-0.3, -0.25) is 4.79 Å². The molecule has 3 aliphatic rings. The molecule has 2 amide bonds. The summed E-state index contributed by atoms with van der Waals surface area (Å²) in [6.45, 7) is 8.69. The molecule has 2 aromatic carbocycles. The molecule has 0 bridgehead atoms. The average molecular weight is 644 g/mol. The van der Waals surface area contributed by atoms with Crippen molar-refractivity contribution in [2.45, 2.75) is 83.8 Å². The lowest BCUT2D eigenvalue weighted by molar-refractivity contribution is -0.138. The fraction of sp³-hybridized carbons (Fsp3) is 0.514. The van der Waals surface area contributed by atoms with Crippen LogP contribution >= 0.6 is 11.6 Å². The molecule has 0 radical (unpaired) electrons. The highest BCUT2D eigenvalue weighted by Gasteiger charge is 2.42. The van der Waals surface area contributed by atoms with E-state index in [4.69, 9.17) is 21.3 Å². The summed E-state index contributed by atoms with van der Waals surface area (Å²) in [6.07, 6.45) is 9.17. The Hall–Kier alpha value is -3.65. The second-order valence-electron chi connectivity index (χ2n) is 14.3. The molecule has 1 spiro atoms. The number of anilines is 1. The number of aromatic nitrogens is 2. The van der Waals surface area contributed by atoms with Gasteiger partial charge in [0.15, 0.2) is 0 Å². The number of piperidine rings is 2. The molecule has 244 valence electrons. The van der Waals surface area contributed by atoms with Crippen LogP contribution in [0.5, 0.6) is 0 Å². The Balaban J connectivity index is 0.984. The molecule has 1 aromatic heterocycles. The highest BCUT2D eigenvalue weighted by molar-refractivity contribution is 6.32. The number of likely N-dealkylation sites (tertiary alicyclic amines) is 2. The van der Waals surface area contributed by atoms with Gasteiger partial charge in [0.2, 0.25) is 11.9 Å². The molecule has 2 aliphatic heterocycles. The Morgan fingerprint density at radius 1 is 0.848 bits per heavy atom. The standard InChI is InChI=1S/C37H46ClN5O3/c1-36(2,3)46-35(45)43-22-18-37(19-23-43)16-12-27(13-17-37)33(44)42-20-14-30(15-21-42)40-34-39-25-31(38)32(41-34)29-11-7-10-28(24-29)26-8-5-4-6-9-26/h4-11,24-25,27,30H,12-23H2,1-3H3,(H,39,40,41). The zero-order chi connectivity index (χ0) is 32.3. The van der Waals surface area contributed by atoms with E-state index in [9.17, 15) is 9.59 Å². The molecule has 46 heavy (non-hydrogen) atoms. The molecule has 3 heterocycles. The first-order chi connectivity index (χ1) is 22.1. The molecule has 1 aliphatic carbocycles. The highest BCUT2D eigenvalue weighted by atomic mass is 35.5. The normalized spacial score (nSPS) is 19.2. The van der Waals surface area contributed by atoms with Crippen LogP contribution in [0.15, 0.2) is 60.8 Å². The van der Waals surface area contributed by atoms with Crippen molar-refractivity contribution in [1.29, 1.82) is 0 Å². The number of nitrogens with one attached hydrogen (secondary N) is 1. The van der Waals surface area contributed by atoms with Crippen LogP contribution in [0.4, 0.5) is 10.7 Å². The summed E-state index contributed by atoms with van der Waals surface area (Å²) in [7, 11) is 0. The summed E-state index contributed by atoms with van der Waals surface area (Å²) in [5.74, 6) is 0.972. The van der Waals surface area contributed by atoms with Crippen LogP contribution in [0.25, 0.3) is 22.4 Å². The number of benzene rings is 2. The molecular weight excluding hydrogens is 598 g/mol.